The van der Waals surface area contributed by atoms with Crippen molar-refractivity contribution in [2.24, 2.45) is 0 Å². The van der Waals surface area contributed by atoms with E-state index in [2.05, 4.69) is 15.5 Å². The van der Waals surface area contributed by atoms with Crippen LogP contribution in [-0.2, 0) is 11.2 Å². The second kappa shape index (κ2) is 7.11. The molecule has 2 aromatic rings. The number of benzene rings is 1. The van der Waals surface area contributed by atoms with Gasteiger partial charge in [-0.3, -0.25) is 9.89 Å². The Balaban J connectivity index is 1.98. The molecule has 0 saturated carbocycles. The number of carbonyl (C=O) groups excluding carboxylic acids is 1. The molecule has 0 aliphatic carbocycles. The highest BCUT2D eigenvalue weighted by molar-refractivity contribution is 5.76. The van der Waals surface area contributed by atoms with Crippen LogP contribution in [0.1, 0.15) is 30.1 Å². The summed E-state index contributed by atoms with van der Waals surface area (Å²) in [7, 11) is 0. The molecule has 1 unspecified atom stereocenters. The number of aromatic amines is 1. The first-order valence-corrected chi connectivity index (χ1v) is 6.83. The van der Waals surface area contributed by atoms with Gasteiger partial charge in [-0.15, -0.1) is 0 Å². The third-order valence-electron chi connectivity index (χ3n) is 3.15. The van der Waals surface area contributed by atoms with Crippen molar-refractivity contribution in [2.45, 2.75) is 31.5 Å². The summed E-state index contributed by atoms with van der Waals surface area (Å²) in [5.74, 6) is -0.423. The summed E-state index contributed by atoms with van der Waals surface area (Å²) >= 11 is 0. The topological polar surface area (TPSA) is 57.8 Å². The SMILES string of the molecule is O=C(CCc1ccn[nH]1)NC(CC(F)(F)F)c1ccccc1. The van der Waals surface area contributed by atoms with Gasteiger partial charge in [-0.1, -0.05) is 30.3 Å². The molecular weight excluding hydrogens is 295 g/mol. The van der Waals surface area contributed by atoms with Crippen LogP contribution in [-0.4, -0.2) is 22.3 Å². The Kier molecular flexibility index (Phi) is 5.19. The number of alkyl halides is 3. The lowest BCUT2D eigenvalue weighted by molar-refractivity contribution is -0.142. The highest BCUT2D eigenvalue weighted by atomic mass is 19.4. The van der Waals surface area contributed by atoms with Crippen LogP contribution in [0.3, 0.4) is 0 Å². The van der Waals surface area contributed by atoms with Crippen LogP contribution >= 0.6 is 0 Å². The third kappa shape index (κ3) is 5.23. The summed E-state index contributed by atoms with van der Waals surface area (Å²) in [6, 6.07) is 8.81. The maximum atomic E-state index is 12.7. The Bertz CT molecular complexity index is 582. The van der Waals surface area contributed by atoms with Crippen molar-refractivity contribution in [1.82, 2.24) is 15.5 Å². The molecule has 118 valence electrons. The average Bonchev–Trinajstić information content (AvgIpc) is 2.97. The number of hydrogen-bond acceptors (Lipinski definition) is 2. The summed E-state index contributed by atoms with van der Waals surface area (Å²) in [5.41, 5.74) is 1.21. The lowest BCUT2D eigenvalue weighted by atomic mass is 10.0. The first-order chi connectivity index (χ1) is 10.4. The molecule has 1 aromatic heterocycles. The molecule has 0 bridgehead atoms. The quantitative estimate of drug-likeness (QED) is 0.861. The minimum Gasteiger partial charge on any atom is -0.349 e. The van der Waals surface area contributed by atoms with Crippen LogP contribution in [0.2, 0.25) is 0 Å². The Morgan fingerprint density at radius 3 is 2.55 bits per heavy atom. The van der Waals surface area contributed by atoms with Crippen molar-refractivity contribution in [3.63, 3.8) is 0 Å². The molecule has 0 fully saturated rings. The van der Waals surface area contributed by atoms with E-state index < -0.39 is 24.5 Å². The zero-order chi connectivity index (χ0) is 16.0. The van der Waals surface area contributed by atoms with Gasteiger partial charge < -0.3 is 5.32 Å². The highest BCUT2D eigenvalue weighted by Crippen LogP contribution is 2.29. The van der Waals surface area contributed by atoms with E-state index in [0.717, 1.165) is 5.69 Å². The maximum absolute atomic E-state index is 12.7. The number of nitrogens with zero attached hydrogens (tertiary/aromatic N) is 1. The largest absolute Gasteiger partial charge is 0.391 e. The van der Waals surface area contributed by atoms with Crippen molar-refractivity contribution in [3.8, 4) is 0 Å². The number of amides is 1. The standard InChI is InChI=1S/C15H16F3N3O/c16-15(17,18)10-13(11-4-2-1-3-5-11)20-14(22)7-6-12-8-9-19-21-12/h1-5,8-9,13H,6-7,10H2,(H,19,21)(H,20,22). The van der Waals surface area contributed by atoms with Gasteiger partial charge in [-0.05, 0) is 18.1 Å². The summed E-state index contributed by atoms with van der Waals surface area (Å²) in [6.45, 7) is 0. The molecule has 1 heterocycles. The number of rotatable bonds is 6. The fourth-order valence-electron chi connectivity index (χ4n) is 2.11. The Hall–Kier alpha value is -2.31. The fourth-order valence-corrected chi connectivity index (χ4v) is 2.11. The van der Waals surface area contributed by atoms with Crippen LogP contribution in [0.5, 0.6) is 0 Å². The van der Waals surface area contributed by atoms with Gasteiger partial charge in [-0.2, -0.15) is 18.3 Å². The molecule has 4 nitrogen and oxygen atoms in total. The van der Waals surface area contributed by atoms with Gasteiger partial charge in [0.1, 0.15) is 0 Å². The normalized spacial score (nSPS) is 12.9. The van der Waals surface area contributed by atoms with Crippen LogP contribution in [0.25, 0.3) is 0 Å². The number of nitrogens with one attached hydrogen (secondary N) is 2. The molecule has 1 atom stereocenters. The Labute approximate surface area is 125 Å². The van der Waals surface area contributed by atoms with Gasteiger partial charge in [-0.25, -0.2) is 0 Å². The monoisotopic (exact) mass is 311 g/mol. The first kappa shape index (κ1) is 16.1. The minimum absolute atomic E-state index is 0.101. The van der Waals surface area contributed by atoms with Crippen LogP contribution in [0.15, 0.2) is 42.6 Å². The van der Waals surface area contributed by atoms with E-state index in [1.807, 2.05) is 0 Å². The molecule has 2 rings (SSSR count). The van der Waals surface area contributed by atoms with Crippen molar-refractivity contribution in [1.29, 1.82) is 0 Å². The Morgan fingerprint density at radius 1 is 1.23 bits per heavy atom. The van der Waals surface area contributed by atoms with E-state index in [4.69, 9.17) is 0 Å². The van der Waals surface area contributed by atoms with E-state index in [1.54, 1.807) is 42.6 Å². The van der Waals surface area contributed by atoms with Crippen molar-refractivity contribution >= 4 is 5.91 Å². The number of H-pyrrole nitrogens is 1. The lowest BCUT2D eigenvalue weighted by Crippen LogP contribution is -2.32. The van der Waals surface area contributed by atoms with Crippen LogP contribution in [0.4, 0.5) is 13.2 Å². The number of carbonyl (C=O) groups is 1. The number of hydrogen-bond donors (Lipinski definition) is 2. The summed E-state index contributed by atoms with van der Waals surface area (Å²) in [4.78, 5) is 11.9. The summed E-state index contributed by atoms with van der Waals surface area (Å²) in [6.07, 6.45) is -3.38. The molecule has 1 aromatic carbocycles. The molecular formula is C15H16F3N3O. The van der Waals surface area contributed by atoms with Crippen LogP contribution < -0.4 is 5.32 Å². The fraction of sp³-hybridized carbons (Fsp3) is 0.333. The molecule has 0 saturated heterocycles. The summed E-state index contributed by atoms with van der Waals surface area (Å²) < 4.78 is 38.1. The van der Waals surface area contributed by atoms with Crippen molar-refractivity contribution in [3.05, 3.63) is 53.9 Å². The molecule has 22 heavy (non-hydrogen) atoms. The number of halogens is 3. The molecule has 0 radical (unpaired) electrons. The van der Waals surface area contributed by atoms with E-state index in [1.165, 1.54) is 0 Å². The number of aromatic nitrogens is 2. The zero-order valence-corrected chi connectivity index (χ0v) is 11.7. The van der Waals surface area contributed by atoms with Gasteiger partial charge in [0.2, 0.25) is 5.91 Å². The first-order valence-electron chi connectivity index (χ1n) is 6.83. The predicted octanol–water partition coefficient (Wildman–Crippen LogP) is 3.15. The number of aryl methyl sites for hydroxylation is 1. The molecule has 2 N–H and O–H groups in total. The highest BCUT2D eigenvalue weighted by Gasteiger charge is 2.33. The van der Waals surface area contributed by atoms with Gasteiger partial charge in [0.05, 0.1) is 12.5 Å². The van der Waals surface area contributed by atoms with Gasteiger partial charge in [0.25, 0.3) is 0 Å². The third-order valence-corrected chi connectivity index (χ3v) is 3.15. The summed E-state index contributed by atoms with van der Waals surface area (Å²) in [5, 5.41) is 8.92. The van der Waals surface area contributed by atoms with E-state index in [-0.39, 0.29) is 6.42 Å². The average molecular weight is 311 g/mol. The van der Waals surface area contributed by atoms with Crippen LogP contribution in [0, 0.1) is 0 Å². The van der Waals surface area contributed by atoms with E-state index in [0.29, 0.717) is 12.0 Å². The maximum Gasteiger partial charge on any atom is 0.391 e. The zero-order valence-electron chi connectivity index (χ0n) is 11.7. The lowest BCUT2D eigenvalue weighted by Gasteiger charge is -2.20. The molecule has 7 heteroatoms. The van der Waals surface area contributed by atoms with Gasteiger partial charge in [0.15, 0.2) is 0 Å². The second-order valence-corrected chi connectivity index (χ2v) is 4.93. The molecule has 0 aliphatic heterocycles. The van der Waals surface area contributed by atoms with Gasteiger partial charge in [0, 0.05) is 18.3 Å². The van der Waals surface area contributed by atoms with Crippen molar-refractivity contribution in [2.75, 3.05) is 0 Å². The predicted molar refractivity (Wildman–Crippen MR) is 74.9 cm³/mol. The molecule has 0 aliphatic rings. The van der Waals surface area contributed by atoms with E-state index >= 15 is 0 Å². The van der Waals surface area contributed by atoms with Crippen molar-refractivity contribution < 1.29 is 18.0 Å². The minimum atomic E-state index is -4.35. The van der Waals surface area contributed by atoms with Gasteiger partial charge >= 0.3 is 6.18 Å². The van der Waals surface area contributed by atoms with E-state index in [9.17, 15) is 18.0 Å². The molecule has 0 spiro atoms. The smallest absolute Gasteiger partial charge is 0.349 e. The molecule has 1 amide bonds. The Morgan fingerprint density at radius 2 is 1.95 bits per heavy atom. The second-order valence-electron chi connectivity index (χ2n) is 4.93.